The van der Waals surface area contributed by atoms with Crippen molar-refractivity contribution >= 4 is 5.91 Å². The Morgan fingerprint density at radius 1 is 1.61 bits per heavy atom. The van der Waals surface area contributed by atoms with Gasteiger partial charge in [-0.05, 0) is 12.3 Å². The van der Waals surface area contributed by atoms with Crippen molar-refractivity contribution < 1.29 is 14.3 Å². The van der Waals surface area contributed by atoms with Crippen molar-refractivity contribution in [3.8, 4) is 0 Å². The van der Waals surface area contributed by atoms with Gasteiger partial charge in [-0.15, -0.1) is 0 Å². The molecular weight excluding hydrogens is 232 g/mol. The molecule has 0 spiro atoms. The molecule has 2 fully saturated rings. The molecule has 0 radical (unpaired) electrons. The summed E-state index contributed by atoms with van der Waals surface area (Å²) in [7, 11) is 1.71. The second-order valence-corrected chi connectivity index (χ2v) is 5.74. The van der Waals surface area contributed by atoms with Crippen molar-refractivity contribution in [1.29, 1.82) is 0 Å². The average molecular weight is 256 g/mol. The van der Waals surface area contributed by atoms with Crippen LogP contribution in [0.15, 0.2) is 0 Å². The van der Waals surface area contributed by atoms with E-state index in [4.69, 9.17) is 9.47 Å². The molecule has 2 aliphatic heterocycles. The fourth-order valence-corrected chi connectivity index (χ4v) is 2.70. The van der Waals surface area contributed by atoms with Gasteiger partial charge in [0.25, 0.3) is 0 Å². The molecule has 0 aromatic carbocycles. The lowest BCUT2D eigenvalue weighted by Crippen LogP contribution is -2.50. The Labute approximate surface area is 109 Å². The highest BCUT2D eigenvalue weighted by molar-refractivity contribution is 5.80. The van der Waals surface area contributed by atoms with Crippen molar-refractivity contribution in [3.05, 3.63) is 0 Å². The first-order valence-electron chi connectivity index (χ1n) is 6.72. The topological polar surface area (TPSA) is 50.8 Å². The number of carbonyl (C=O) groups excluding carboxylic acids is 1. The van der Waals surface area contributed by atoms with Crippen molar-refractivity contribution in [2.75, 3.05) is 33.4 Å². The molecule has 2 saturated heterocycles. The van der Waals surface area contributed by atoms with Gasteiger partial charge in [-0.1, -0.05) is 13.8 Å². The summed E-state index contributed by atoms with van der Waals surface area (Å²) in [6, 6.07) is 0. The maximum absolute atomic E-state index is 12.0. The zero-order chi connectivity index (χ0) is 13.2. The highest BCUT2D eigenvalue weighted by Gasteiger charge is 2.41. The second kappa shape index (κ2) is 5.55. The molecule has 1 N–H and O–H groups in total. The fraction of sp³-hybridized carbons (Fsp3) is 0.923. The lowest BCUT2D eigenvalue weighted by molar-refractivity contribution is -0.133. The minimum atomic E-state index is -0.309. The van der Waals surface area contributed by atoms with E-state index in [2.05, 4.69) is 19.2 Å². The van der Waals surface area contributed by atoms with E-state index in [1.165, 1.54) is 0 Å². The van der Waals surface area contributed by atoms with E-state index in [9.17, 15) is 4.79 Å². The van der Waals surface area contributed by atoms with Crippen LogP contribution in [0.5, 0.6) is 0 Å². The summed E-state index contributed by atoms with van der Waals surface area (Å²) in [5.74, 6) is 0.734. The van der Waals surface area contributed by atoms with E-state index in [0.717, 1.165) is 19.4 Å². The van der Waals surface area contributed by atoms with E-state index >= 15 is 0 Å². The van der Waals surface area contributed by atoms with Gasteiger partial charge in [0.05, 0.1) is 25.9 Å². The smallest absolute Gasteiger partial charge is 0.237 e. The largest absolute Gasteiger partial charge is 0.378 e. The summed E-state index contributed by atoms with van der Waals surface area (Å²) >= 11 is 0. The number of hydrogen-bond acceptors (Lipinski definition) is 4. The Kier molecular flexibility index (Phi) is 4.25. The van der Waals surface area contributed by atoms with Gasteiger partial charge in [0.15, 0.2) is 0 Å². The molecule has 5 heteroatoms. The van der Waals surface area contributed by atoms with Gasteiger partial charge in [-0.25, -0.2) is 0 Å². The molecule has 2 rings (SSSR count). The lowest BCUT2D eigenvalue weighted by Gasteiger charge is -2.34. The molecule has 2 aliphatic rings. The van der Waals surface area contributed by atoms with Crippen LogP contribution in [0.3, 0.4) is 0 Å². The van der Waals surface area contributed by atoms with Crippen LogP contribution in [-0.2, 0) is 14.3 Å². The monoisotopic (exact) mass is 256 g/mol. The van der Waals surface area contributed by atoms with Crippen molar-refractivity contribution in [1.82, 2.24) is 10.2 Å². The Morgan fingerprint density at radius 3 is 2.94 bits per heavy atom. The van der Waals surface area contributed by atoms with Crippen molar-refractivity contribution in [2.45, 2.75) is 38.5 Å². The SMILES string of the molecule is COC1(CN2C(=O)CNC2CC(C)C)CCOC1. The molecule has 0 aromatic heterocycles. The van der Waals surface area contributed by atoms with Crippen LogP contribution in [0.1, 0.15) is 26.7 Å². The van der Waals surface area contributed by atoms with Crippen LogP contribution in [0.4, 0.5) is 0 Å². The van der Waals surface area contributed by atoms with E-state index in [-0.39, 0.29) is 17.7 Å². The maximum Gasteiger partial charge on any atom is 0.237 e. The summed E-state index contributed by atoms with van der Waals surface area (Å²) in [5, 5.41) is 3.28. The third-order valence-corrected chi connectivity index (χ3v) is 3.84. The van der Waals surface area contributed by atoms with E-state index in [1.54, 1.807) is 7.11 Å². The molecule has 2 heterocycles. The number of hydrogen-bond donors (Lipinski definition) is 1. The summed E-state index contributed by atoms with van der Waals surface area (Å²) in [4.78, 5) is 13.9. The first kappa shape index (κ1) is 13.8. The summed E-state index contributed by atoms with van der Waals surface area (Å²) in [6.45, 7) is 6.73. The van der Waals surface area contributed by atoms with Gasteiger partial charge in [0.2, 0.25) is 5.91 Å². The van der Waals surface area contributed by atoms with Crippen LogP contribution in [0.25, 0.3) is 0 Å². The molecule has 18 heavy (non-hydrogen) atoms. The first-order chi connectivity index (χ1) is 8.56. The molecule has 0 saturated carbocycles. The molecule has 104 valence electrons. The molecular formula is C13H24N2O3. The Hall–Kier alpha value is -0.650. The Morgan fingerprint density at radius 2 is 2.39 bits per heavy atom. The van der Waals surface area contributed by atoms with Gasteiger partial charge in [0.1, 0.15) is 5.60 Å². The standard InChI is InChI=1S/C13H24N2O3/c1-10(2)6-11-14-7-12(16)15(11)8-13(17-3)4-5-18-9-13/h10-11,14H,4-9H2,1-3H3. The summed E-state index contributed by atoms with van der Waals surface area (Å²) < 4.78 is 11.0. The van der Waals surface area contributed by atoms with E-state index in [0.29, 0.717) is 25.6 Å². The number of carbonyl (C=O) groups is 1. The van der Waals surface area contributed by atoms with Gasteiger partial charge in [0, 0.05) is 20.1 Å². The van der Waals surface area contributed by atoms with Gasteiger partial charge < -0.3 is 14.4 Å². The van der Waals surface area contributed by atoms with E-state index in [1.807, 2.05) is 4.90 Å². The second-order valence-electron chi connectivity index (χ2n) is 5.74. The predicted molar refractivity (Wildman–Crippen MR) is 68.1 cm³/mol. The maximum atomic E-state index is 12.0. The van der Waals surface area contributed by atoms with Gasteiger partial charge >= 0.3 is 0 Å². The molecule has 0 bridgehead atoms. The first-order valence-corrected chi connectivity index (χ1v) is 6.72. The number of amides is 1. The number of nitrogens with zero attached hydrogens (tertiary/aromatic N) is 1. The molecule has 2 atom stereocenters. The quantitative estimate of drug-likeness (QED) is 0.782. The number of rotatable bonds is 5. The molecule has 0 aliphatic carbocycles. The zero-order valence-corrected chi connectivity index (χ0v) is 11.6. The highest BCUT2D eigenvalue weighted by Crippen LogP contribution is 2.26. The Bertz CT molecular complexity index is 301. The summed E-state index contributed by atoms with van der Waals surface area (Å²) in [5.41, 5.74) is -0.309. The Balaban J connectivity index is 2.02. The fourth-order valence-electron chi connectivity index (χ4n) is 2.70. The van der Waals surface area contributed by atoms with Gasteiger partial charge in [-0.3, -0.25) is 10.1 Å². The van der Waals surface area contributed by atoms with Crippen LogP contribution in [0, 0.1) is 5.92 Å². The number of ether oxygens (including phenoxy) is 2. The number of methoxy groups -OCH3 is 1. The summed E-state index contributed by atoms with van der Waals surface area (Å²) in [6.07, 6.45) is 1.98. The van der Waals surface area contributed by atoms with Crippen LogP contribution in [0.2, 0.25) is 0 Å². The average Bonchev–Trinajstić information content (AvgIpc) is 2.91. The number of nitrogens with one attached hydrogen (secondary N) is 1. The normalized spacial score (nSPS) is 32.8. The predicted octanol–water partition coefficient (Wildman–Crippen LogP) is 0.596. The molecule has 2 unspecified atom stereocenters. The molecule has 1 amide bonds. The van der Waals surface area contributed by atoms with Crippen LogP contribution < -0.4 is 5.32 Å². The molecule has 0 aromatic rings. The minimum absolute atomic E-state index is 0.144. The van der Waals surface area contributed by atoms with Crippen LogP contribution in [-0.4, -0.2) is 56.0 Å². The van der Waals surface area contributed by atoms with Crippen molar-refractivity contribution in [2.24, 2.45) is 5.92 Å². The van der Waals surface area contributed by atoms with Crippen LogP contribution >= 0.6 is 0 Å². The molecule has 5 nitrogen and oxygen atoms in total. The lowest BCUT2D eigenvalue weighted by atomic mass is 10.0. The third-order valence-electron chi connectivity index (χ3n) is 3.84. The highest BCUT2D eigenvalue weighted by atomic mass is 16.5. The third kappa shape index (κ3) is 2.84. The van der Waals surface area contributed by atoms with E-state index < -0.39 is 0 Å². The van der Waals surface area contributed by atoms with Crippen molar-refractivity contribution in [3.63, 3.8) is 0 Å². The minimum Gasteiger partial charge on any atom is -0.378 e. The van der Waals surface area contributed by atoms with Gasteiger partial charge in [-0.2, -0.15) is 0 Å². The zero-order valence-electron chi connectivity index (χ0n) is 11.6.